The lowest BCUT2D eigenvalue weighted by atomic mass is 10.2. The van der Waals surface area contributed by atoms with Gasteiger partial charge in [-0.05, 0) is 0 Å². The summed E-state index contributed by atoms with van der Waals surface area (Å²) in [5.74, 6) is 0.0740. The molecule has 0 radical (unpaired) electrons. The van der Waals surface area contributed by atoms with Crippen molar-refractivity contribution in [2.45, 2.75) is 0 Å². The minimum absolute atomic E-state index is 0.0740. The third kappa shape index (κ3) is 1.21. The van der Waals surface area contributed by atoms with Gasteiger partial charge in [0.2, 0.25) is 0 Å². The molecule has 0 spiro atoms. The van der Waals surface area contributed by atoms with Crippen LogP contribution in [-0.4, -0.2) is 10.8 Å². The Morgan fingerprint density at radius 3 is 2.54 bits per heavy atom. The molecule has 0 fully saturated rings. The third-order valence-corrected chi connectivity index (χ3v) is 2.47. The van der Waals surface area contributed by atoms with Crippen LogP contribution in [0.4, 0.5) is 0 Å². The zero-order chi connectivity index (χ0) is 9.42. The van der Waals surface area contributed by atoms with Crippen molar-refractivity contribution >= 4 is 31.3 Å². The minimum Gasteiger partial charge on any atom is -0.382 e. The van der Waals surface area contributed by atoms with Crippen LogP contribution in [0.3, 0.4) is 0 Å². The Bertz CT molecular complexity index is 473. The maximum Gasteiger partial charge on any atom is 0.140 e. The van der Waals surface area contributed by atoms with E-state index in [1.807, 2.05) is 24.3 Å². The van der Waals surface area contributed by atoms with Gasteiger partial charge in [0.25, 0.3) is 0 Å². The summed E-state index contributed by atoms with van der Waals surface area (Å²) in [6, 6.07) is 7.86. The average molecular weight is 191 g/mol. The average Bonchev–Trinajstić information content (AvgIpc) is 2.45. The van der Waals surface area contributed by atoms with Gasteiger partial charge in [0.1, 0.15) is 5.84 Å². The van der Waals surface area contributed by atoms with Gasteiger partial charge in [-0.2, -0.15) is 0 Å². The summed E-state index contributed by atoms with van der Waals surface area (Å²) < 4.78 is 0. The second-order valence-corrected chi connectivity index (χ2v) is 3.45. The maximum absolute atomic E-state index is 7.37. The molecule has 13 heavy (non-hydrogen) atoms. The number of rotatable bonds is 1. The van der Waals surface area contributed by atoms with Crippen LogP contribution in [0.2, 0.25) is 0 Å². The lowest BCUT2D eigenvalue weighted by molar-refractivity contribution is 1.35. The van der Waals surface area contributed by atoms with Crippen LogP contribution in [0.5, 0.6) is 0 Å². The van der Waals surface area contributed by atoms with Gasteiger partial charge in [0, 0.05) is 16.2 Å². The molecule has 0 aliphatic carbocycles. The molecular formula is C9H10N3P. The second-order valence-electron chi connectivity index (χ2n) is 2.87. The highest BCUT2D eigenvalue weighted by molar-refractivity contribution is 7.28. The zero-order valence-electron chi connectivity index (χ0n) is 6.96. The predicted molar refractivity (Wildman–Crippen MR) is 58.7 cm³/mol. The molecule has 66 valence electrons. The number of benzene rings is 1. The number of hydrogen-bond acceptors (Lipinski definition) is 1. The molecule has 4 N–H and O–H groups in total. The summed E-state index contributed by atoms with van der Waals surface area (Å²) in [5.41, 5.74) is 7.10. The molecule has 1 aromatic carbocycles. The quantitative estimate of drug-likeness (QED) is 0.350. The van der Waals surface area contributed by atoms with Crippen LogP contribution in [0.25, 0.3) is 10.8 Å². The van der Waals surface area contributed by atoms with Crippen LogP contribution < -0.4 is 11.2 Å². The van der Waals surface area contributed by atoms with E-state index in [0.717, 1.165) is 16.2 Å². The topological polar surface area (TPSA) is 65.7 Å². The van der Waals surface area contributed by atoms with Gasteiger partial charge >= 0.3 is 0 Å². The summed E-state index contributed by atoms with van der Waals surface area (Å²) in [5, 5.41) is 9.46. The highest BCUT2D eigenvalue weighted by Gasteiger charge is 2.07. The highest BCUT2D eigenvalue weighted by atomic mass is 31.0. The Kier molecular flexibility index (Phi) is 1.82. The third-order valence-electron chi connectivity index (χ3n) is 2.02. The molecular weight excluding hydrogens is 181 g/mol. The largest absolute Gasteiger partial charge is 0.382 e. The van der Waals surface area contributed by atoms with Gasteiger partial charge in [0.15, 0.2) is 0 Å². The molecule has 0 bridgehead atoms. The molecule has 2 rings (SSSR count). The number of nitrogens with two attached hydrogens (primary N) is 1. The fraction of sp³-hybridized carbons (Fsp3) is 0. The number of aromatic amines is 1. The molecule has 0 saturated heterocycles. The van der Waals surface area contributed by atoms with Gasteiger partial charge in [0.05, 0.1) is 5.69 Å². The molecule has 1 aromatic heterocycles. The van der Waals surface area contributed by atoms with Crippen molar-refractivity contribution in [3.63, 3.8) is 0 Å². The number of nitrogen functional groups attached to an aromatic ring is 1. The van der Waals surface area contributed by atoms with Gasteiger partial charge in [-0.25, -0.2) is 0 Å². The molecule has 3 nitrogen and oxygen atoms in total. The van der Waals surface area contributed by atoms with Crippen LogP contribution in [0.1, 0.15) is 5.69 Å². The highest BCUT2D eigenvalue weighted by Crippen LogP contribution is 2.17. The standard InChI is InChI=1S/C9H10N3P/c10-8(11)7-5-3-1-2-4-6(5)9(13)12-7/h1-4,12H,13H2,(H3,10,11). The number of nitrogens with one attached hydrogen (secondary N) is 2. The smallest absolute Gasteiger partial charge is 0.140 e. The van der Waals surface area contributed by atoms with Crippen molar-refractivity contribution in [2.24, 2.45) is 5.73 Å². The lowest BCUT2D eigenvalue weighted by Gasteiger charge is -1.93. The Balaban J connectivity index is 2.85. The predicted octanol–water partition coefficient (Wildman–Crippen LogP) is 0.952. The molecule has 0 amide bonds. The Labute approximate surface area is 78.0 Å². The van der Waals surface area contributed by atoms with Crippen molar-refractivity contribution in [1.29, 1.82) is 5.41 Å². The summed E-state index contributed by atoms with van der Waals surface area (Å²) in [4.78, 5) is 3.07. The molecule has 4 heteroatoms. The Morgan fingerprint density at radius 1 is 1.31 bits per heavy atom. The first-order valence-corrected chi connectivity index (χ1v) is 4.48. The SMILES string of the molecule is N=C(N)c1[nH]c(P)c2ccccc12. The van der Waals surface area contributed by atoms with Gasteiger partial charge < -0.3 is 10.7 Å². The number of hydrogen-bond donors (Lipinski definition) is 3. The first-order valence-electron chi connectivity index (χ1n) is 3.90. The summed E-state index contributed by atoms with van der Waals surface area (Å²) in [7, 11) is 2.60. The zero-order valence-corrected chi connectivity index (χ0v) is 8.12. The van der Waals surface area contributed by atoms with E-state index in [9.17, 15) is 0 Å². The summed E-state index contributed by atoms with van der Waals surface area (Å²) >= 11 is 0. The fourth-order valence-corrected chi connectivity index (χ4v) is 1.81. The molecule has 1 heterocycles. The second kappa shape index (κ2) is 2.86. The Hall–Kier alpha value is -1.34. The lowest BCUT2D eigenvalue weighted by Crippen LogP contribution is -2.12. The molecule has 0 aliphatic rings. The summed E-state index contributed by atoms with van der Waals surface area (Å²) in [6.07, 6.45) is 0. The van der Waals surface area contributed by atoms with E-state index in [4.69, 9.17) is 11.1 Å². The number of fused-ring (bicyclic) bond motifs is 1. The molecule has 2 aromatic rings. The fourth-order valence-electron chi connectivity index (χ4n) is 1.42. The van der Waals surface area contributed by atoms with Gasteiger partial charge in [-0.15, -0.1) is 0 Å². The van der Waals surface area contributed by atoms with Crippen molar-refractivity contribution in [2.75, 3.05) is 0 Å². The number of H-pyrrole nitrogens is 1. The molecule has 0 aliphatic heterocycles. The first-order chi connectivity index (χ1) is 6.20. The van der Waals surface area contributed by atoms with Gasteiger partial charge in [-0.1, -0.05) is 33.5 Å². The van der Waals surface area contributed by atoms with Crippen molar-refractivity contribution < 1.29 is 0 Å². The number of amidine groups is 1. The minimum atomic E-state index is 0.0740. The van der Waals surface area contributed by atoms with Crippen LogP contribution in [0.15, 0.2) is 24.3 Å². The van der Waals surface area contributed by atoms with Gasteiger partial charge in [-0.3, -0.25) is 5.41 Å². The number of aromatic nitrogens is 1. The summed E-state index contributed by atoms with van der Waals surface area (Å²) in [6.45, 7) is 0. The van der Waals surface area contributed by atoms with E-state index >= 15 is 0 Å². The monoisotopic (exact) mass is 191 g/mol. The Morgan fingerprint density at radius 2 is 1.92 bits per heavy atom. The molecule has 1 unspecified atom stereocenters. The van der Waals surface area contributed by atoms with Crippen molar-refractivity contribution in [3.8, 4) is 0 Å². The molecule has 1 atom stereocenters. The van der Waals surface area contributed by atoms with Crippen LogP contribution >= 0.6 is 9.24 Å². The van der Waals surface area contributed by atoms with E-state index < -0.39 is 0 Å². The molecule has 0 saturated carbocycles. The van der Waals surface area contributed by atoms with E-state index in [2.05, 4.69) is 14.2 Å². The van der Waals surface area contributed by atoms with E-state index in [1.165, 1.54) is 0 Å². The maximum atomic E-state index is 7.37. The first kappa shape index (κ1) is 8.27. The van der Waals surface area contributed by atoms with E-state index in [0.29, 0.717) is 5.69 Å². The van der Waals surface area contributed by atoms with Crippen molar-refractivity contribution in [3.05, 3.63) is 30.0 Å². The van der Waals surface area contributed by atoms with E-state index in [1.54, 1.807) is 0 Å². The van der Waals surface area contributed by atoms with Crippen molar-refractivity contribution in [1.82, 2.24) is 4.98 Å². The van der Waals surface area contributed by atoms with Crippen LogP contribution in [-0.2, 0) is 0 Å². The normalized spacial score (nSPS) is 10.5. The van der Waals surface area contributed by atoms with Crippen LogP contribution in [0, 0.1) is 5.41 Å². The van der Waals surface area contributed by atoms with E-state index in [-0.39, 0.29) is 5.84 Å².